The highest BCUT2D eigenvalue weighted by molar-refractivity contribution is 5.87. The molecule has 4 N–H and O–H groups in total. The molecular formula is C37H60N2O7. The number of esters is 1. The van der Waals surface area contributed by atoms with Gasteiger partial charge in [0.25, 0.3) is 0 Å². The minimum atomic E-state index is -1.39. The minimum absolute atomic E-state index is 0.183. The number of unbranched alkanes of at least 4 members (excludes halogenated alkanes) is 9. The minimum Gasteiger partial charge on any atom is -0.480 e. The summed E-state index contributed by atoms with van der Waals surface area (Å²) in [4.78, 5) is 47.0. The Morgan fingerprint density at radius 2 is 1.26 bits per heavy atom. The van der Waals surface area contributed by atoms with Gasteiger partial charge in [-0.05, 0) is 76.4 Å². The predicted molar refractivity (Wildman–Crippen MR) is 185 cm³/mol. The van der Waals surface area contributed by atoms with Crippen LogP contribution in [0.1, 0.15) is 123 Å². The Labute approximate surface area is 277 Å². The van der Waals surface area contributed by atoms with E-state index >= 15 is 0 Å². The molecule has 0 bridgehead atoms. The second-order valence-corrected chi connectivity index (χ2v) is 11.2. The lowest BCUT2D eigenvalue weighted by Gasteiger charge is -2.12. The average molecular weight is 645 g/mol. The third-order valence-electron chi connectivity index (χ3n) is 6.94. The van der Waals surface area contributed by atoms with Crippen LogP contribution in [-0.4, -0.2) is 59.3 Å². The van der Waals surface area contributed by atoms with E-state index in [1.807, 2.05) is 24.3 Å². The molecule has 9 nitrogen and oxygen atoms in total. The normalized spacial score (nSPS) is 13.3. The molecule has 0 saturated heterocycles. The van der Waals surface area contributed by atoms with Gasteiger partial charge < -0.3 is 25.6 Å². The quantitative estimate of drug-likeness (QED) is 0.0389. The maximum Gasteiger partial charge on any atom is 0.328 e. The molecule has 0 radical (unpaired) electrons. The molecule has 0 aliphatic heterocycles. The molecule has 46 heavy (non-hydrogen) atoms. The van der Waals surface area contributed by atoms with Gasteiger partial charge in [0.1, 0.15) is 12.1 Å². The molecular weight excluding hydrogens is 584 g/mol. The largest absolute Gasteiger partial charge is 0.480 e. The number of hydrogen-bond donors (Lipinski definition) is 4. The summed E-state index contributed by atoms with van der Waals surface area (Å²) in [6, 6.07) is -1.39. The number of allylic oxidation sites excluding steroid dienone is 8. The number of hydrogen-bond acceptors (Lipinski definition) is 6. The number of aliphatic hydroxyl groups is 1. The Hall–Kier alpha value is -3.46. The van der Waals surface area contributed by atoms with Crippen LogP contribution < -0.4 is 10.6 Å². The molecule has 0 aliphatic carbocycles. The van der Waals surface area contributed by atoms with Gasteiger partial charge in [0.05, 0.1) is 13.2 Å². The van der Waals surface area contributed by atoms with Gasteiger partial charge in [0, 0.05) is 12.8 Å². The summed E-state index contributed by atoms with van der Waals surface area (Å²) < 4.78 is 5.73. The van der Waals surface area contributed by atoms with Gasteiger partial charge >= 0.3 is 11.9 Å². The van der Waals surface area contributed by atoms with E-state index in [2.05, 4.69) is 60.9 Å². The Balaban J connectivity index is 4.29. The summed E-state index contributed by atoms with van der Waals surface area (Å²) in [6.07, 6.45) is 35.9. The van der Waals surface area contributed by atoms with Gasteiger partial charge in [-0.25, -0.2) is 4.79 Å². The van der Waals surface area contributed by atoms with E-state index in [9.17, 15) is 19.2 Å². The molecule has 0 aromatic heterocycles. The summed E-state index contributed by atoms with van der Waals surface area (Å²) >= 11 is 0. The monoisotopic (exact) mass is 644 g/mol. The second-order valence-electron chi connectivity index (χ2n) is 11.2. The zero-order valence-electron chi connectivity index (χ0n) is 28.3. The lowest BCUT2D eigenvalue weighted by Crippen LogP contribution is -2.47. The predicted octanol–water partition coefficient (Wildman–Crippen LogP) is 7.03. The van der Waals surface area contributed by atoms with Crippen LogP contribution in [0, 0.1) is 0 Å². The van der Waals surface area contributed by atoms with Gasteiger partial charge in [0.2, 0.25) is 11.8 Å². The topological polar surface area (TPSA) is 142 Å². The van der Waals surface area contributed by atoms with Crippen molar-refractivity contribution in [3.63, 3.8) is 0 Å². The van der Waals surface area contributed by atoms with Gasteiger partial charge in [-0.3, -0.25) is 14.4 Å². The highest BCUT2D eigenvalue weighted by Gasteiger charge is 2.18. The number of aliphatic hydroxyl groups excluding tert-OH is 1. The van der Waals surface area contributed by atoms with E-state index < -0.39 is 30.6 Å². The molecule has 0 aromatic carbocycles. The first-order valence-electron chi connectivity index (χ1n) is 17.2. The molecule has 0 heterocycles. The van der Waals surface area contributed by atoms with E-state index in [0.29, 0.717) is 12.8 Å². The molecule has 9 heteroatoms. The zero-order valence-corrected chi connectivity index (χ0v) is 28.3. The lowest BCUT2D eigenvalue weighted by molar-refractivity contribution is -0.145. The smallest absolute Gasteiger partial charge is 0.328 e. The molecule has 0 aliphatic rings. The molecule has 0 saturated carbocycles. The number of aliphatic carboxylic acids is 1. The Morgan fingerprint density at radius 1 is 0.674 bits per heavy atom. The number of ether oxygens (including phenoxy) is 1. The summed E-state index contributed by atoms with van der Waals surface area (Å²) in [5, 5.41) is 22.4. The van der Waals surface area contributed by atoms with Crippen LogP contribution in [0.15, 0.2) is 60.8 Å². The van der Waals surface area contributed by atoms with Gasteiger partial charge in [-0.1, -0.05) is 94.6 Å². The van der Waals surface area contributed by atoms with Crippen molar-refractivity contribution in [3.05, 3.63) is 60.8 Å². The number of nitrogens with one attached hydrogen (secondary N) is 2. The van der Waals surface area contributed by atoms with E-state index in [4.69, 9.17) is 14.9 Å². The van der Waals surface area contributed by atoms with Crippen LogP contribution in [0.25, 0.3) is 0 Å². The first kappa shape index (κ1) is 42.5. The Morgan fingerprint density at radius 3 is 1.96 bits per heavy atom. The fourth-order valence-corrected chi connectivity index (χ4v) is 4.30. The van der Waals surface area contributed by atoms with Crippen LogP contribution in [-0.2, 0) is 23.9 Å². The van der Waals surface area contributed by atoms with Crippen LogP contribution >= 0.6 is 0 Å². The van der Waals surface area contributed by atoms with Gasteiger partial charge in [0.15, 0.2) is 0 Å². The van der Waals surface area contributed by atoms with E-state index in [-0.39, 0.29) is 24.8 Å². The molecule has 0 aromatic rings. The molecule has 0 rings (SSSR count). The summed E-state index contributed by atoms with van der Waals surface area (Å²) in [7, 11) is 0. The molecule has 2 amide bonds. The van der Waals surface area contributed by atoms with Crippen LogP contribution in [0.2, 0.25) is 0 Å². The van der Waals surface area contributed by atoms with Crippen molar-refractivity contribution in [2.24, 2.45) is 0 Å². The maximum atomic E-state index is 12.5. The van der Waals surface area contributed by atoms with Crippen molar-refractivity contribution in [2.45, 2.75) is 135 Å². The number of rotatable bonds is 29. The summed E-state index contributed by atoms with van der Waals surface area (Å²) in [5.74, 6) is -2.50. The summed E-state index contributed by atoms with van der Waals surface area (Å²) in [6.45, 7) is 3.20. The summed E-state index contributed by atoms with van der Waals surface area (Å²) in [5.41, 5.74) is 0. The molecule has 2 atom stereocenters. The molecule has 260 valence electrons. The number of carboxylic acids is 1. The van der Waals surface area contributed by atoms with Gasteiger partial charge in [-0.15, -0.1) is 0 Å². The third kappa shape index (κ3) is 28.0. The first-order chi connectivity index (χ1) is 22.3. The van der Waals surface area contributed by atoms with E-state index in [1.54, 1.807) is 0 Å². The van der Waals surface area contributed by atoms with Crippen molar-refractivity contribution in [1.82, 2.24) is 10.6 Å². The highest BCUT2D eigenvalue weighted by Crippen LogP contribution is 2.11. The maximum absolute atomic E-state index is 12.5. The Kier molecular flexibility index (Phi) is 29.1. The fourth-order valence-electron chi connectivity index (χ4n) is 4.30. The number of carbonyl (C=O) groups is 4. The van der Waals surface area contributed by atoms with Crippen LogP contribution in [0.3, 0.4) is 0 Å². The van der Waals surface area contributed by atoms with Crippen LogP contribution in [0.4, 0.5) is 0 Å². The standard InChI is InChI=1S/C37H60N2O7/c1-3-5-7-9-10-11-12-13-14-15-16-21-25-29-36(43)46-32(26-22-18-8-6-4-2)27-23-19-17-20-24-28-34(41)38-30-35(42)39-33(31-40)37(44)45/h6-9,11-12,22-23,26-27,32-33,40H,3-5,10,13-21,24-25,28-31H2,1-2H3,(H,38,41)(H,39,42)(H,44,45)/b8-6-,9-7-,12-11-,26-22-,27-23-. The second kappa shape index (κ2) is 31.5. The average Bonchev–Trinajstić information content (AvgIpc) is 3.03. The van der Waals surface area contributed by atoms with E-state index in [0.717, 1.165) is 70.6 Å². The van der Waals surface area contributed by atoms with E-state index in [1.165, 1.54) is 19.3 Å². The van der Waals surface area contributed by atoms with Crippen molar-refractivity contribution in [3.8, 4) is 0 Å². The first-order valence-corrected chi connectivity index (χ1v) is 17.2. The van der Waals surface area contributed by atoms with Crippen molar-refractivity contribution >= 4 is 23.8 Å². The van der Waals surface area contributed by atoms with Crippen molar-refractivity contribution in [1.29, 1.82) is 0 Å². The number of carboxylic acid groups (broad SMARTS) is 1. The number of carbonyl (C=O) groups excluding carboxylic acids is 3. The molecule has 0 spiro atoms. The Bertz CT molecular complexity index is 969. The lowest BCUT2D eigenvalue weighted by atomic mass is 10.1. The molecule has 2 unspecified atom stereocenters. The third-order valence-corrected chi connectivity index (χ3v) is 6.94. The van der Waals surface area contributed by atoms with Crippen LogP contribution in [0.5, 0.6) is 0 Å². The van der Waals surface area contributed by atoms with Crippen molar-refractivity contribution in [2.75, 3.05) is 13.2 Å². The van der Waals surface area contributed by atoms with Crippen molar-refractivity contribution < 1.29 is 34.1 Å². The molecule has 0 fully saturated rings. The highest BCUT2D eigenvalue weighted by atomic mass is 16.5. The SMILES string of the molecule is CC/C=C\C/C=C\C(/C=C\CCCCCC(=O)NCC(=O)NC(CO)C(=O)O)OC(=O)CCCCCCC/C=C\C/C=C\CCC. The number of amides is 2. The fraction of sp³-hybridized carbons (Fsp3) is 0.622. The van der Waals surface area contributed by atoms with Gasteiger partial charge in [-0.2, -0.15) is 0 Å². The zero-order chi connectivity index (χ0) is 34.1.